The summed E-state index contributed by atoms with van der Waals surface area (Å²) in [5.74, 6) is -3.42. The number of rotatable bonds is 6. The minimum absolute atomic E-state index is 0.213. The van der Waals surface area contributed by atoms with Crippen LogP contribution in [-0.4, -0.2) is 40.4 Å². The monoisotopic (exact) mass is 254 g/mol. The highest BCUT2D eigenvalue weighted by molar-refractivity contribution is 7.87. The topological polar surface area (TPSA) is 129 Å². The van der Waals surface area contributed by atoms with Gasteiger partial charge in [-0.3, -0.25) is 14.1 Å². The smallest absolute Gasteiger partial charge is 0.325 e. The van der Waals surface area contributed by atoms with E-state index < -0.39 is 32.7 Å². The van der Waals surface area contributed by atoms with Crippen LogP contribution in [0, 0.1) is 5.41 Å². The van der Waals surface area contributed by atoms with Crippen molar-refractivity contribution in [2.75, 3.05) is 0 Å². The van der Waals surface area contributed by atoms with Gasteiger partial charge in [0.15, 0.2) is 5.25 Å². The number of carboxylic acid groups (broad SMARTS) is 2. The second kappa shape index (κ2) is 4.79. The molecule has 0 aliphatic rings. The summed E-state index contributed by atoms with van der Waals surface area (Å²) in [5, 5.41) is 15.4. The first-order valence-corrected chi connectivity index (χ1v) is 6.06. The van der Waals surface area contributed by atoms with E-state index in [-0.39, 0.29) is 12.8 Å². The van der Waals surface area contributed by atoms with Gasteiger partial charge in [0, 0.05) is 0 Å². The number of aliphatic carboxylic acids is 2. The van der Waals surface area contributed by atoms with Crippen LogP contribution in [0.4, 0.5) is 0 Å². The average Bonchev–Trinajstić information content (AvgIpc) is 2.10. The van der Waals surface area contributed by atoms with Crippen LogP contribution in [0.5, 0.6) is 0 Å². The van der Waals surface area contributed by atoms with E-state index in [1.807, 2.05) is 0 Å². The fourth-order valence-electron chi connectivity index (χ4n) is 1.68. The summed E-state index contributed by atoms with van der Waals surface area (Å²) >= 11 is 0. The zero-order valence-electron chi connectivity index (χ0n) is 8.87. The fourth-order valence-corrected chi connectivity index (χ4v) is 2.94. The van der Waals surface area contributed by atoms with E-state index >= 15 is 0 Å². The highest BCUT2D eigenvalue weighted by Crippen LogP contribution is 2.35. The van der Waals surface area contributed by atoms with E-state index in [1.165, 1.54) is 13.8 Å². The number of hydrogen-bond donors (Lipinski definition) is 3. The summed E-state index contributed by atoms with van der Waals surface area (Å²) in [4.78, 5) is 21.8. The van der Waals surface area contributed by atoms with Crippen molar-refractivity contribution in [3.8, 4) is 0 Å². The second-order valence-electron chi connectivity index (χ2n) is 3.40. The van der Waals surface area contributed by atoms with Gasteiger partial charge in [-0.15, -0.1) is 0 Å². The van der Waals surface area contributed by atoms with Crippen molar-refractivity contribution in [1.29, 1.82) is 0 Å². The maximum atomic E-state index is 11.0. The summed E-state index contributed by atoms with van der Waals surface area (Å²) in [6.45, 7) is 2.72. The number of carboxylic acids is 2. The van der Waals surface area contributed by atoms with Crippen molar-refractivity contribution in [2.45, 2.75) is 31.9 Å². The third-order valence-corrected chi connectivity index (χ3v) is 3.96. The van der Waals surface area contributed by atoms with Crippen LogP contribution in [0.25, 0.3) is 0 Å². The van der Waals surface area contributed by atoms with E-state index in [1.54, 1.807) is 0 Å². The van der Waals surface area contributed by atoms with Gasteiger partial charge in [-0.1, -0.05) is 13.8 Å². The van der Waals surface area contributed by atoms with Crippen LogP contribution in [0.2, 0.25) is 0 Å². The molecule has 94 valence electrons. The maximum absolute atomic E-state index is 11.0. The number of carbonyl (C=O) groups is 2. The van der Waals surface area contributed by atoms with Crippen molar-refractivity contribution in [1.82, 2.24) is 0 Å². The lowest BCUT2D eigenvalue weighted by atomic mass is 9.79. The van der Waals surface area contributed by atoms with Crippen LogP contribution in [0.15, 0.2) is 0 Å². The molecule has 16 heavy (non-hydrogen) atoms. The first-order valence-electron chi connectivity index (χ1n) is 4.56. The van der Waals surface area contributed by atoms with Crippen molar-refractivity contribution < 1.29 is 32.8 Å². The molecule has 0 aromatic carbocycles. The molecule has 0 radical (unpaired) electrons. The predicted molar refractivity (Wildman–Crippen MR) is 53.6 cm³/mol. The quantitative estimate of drug-likeness (QED) is 0.578. The molecule has 0 aromatic rings. The lowest BCUT2D eigenvalue weighted by Crippen LogP contribution is -2.50. The Hall–Kier alpha value is -1.15. The molecule has 0 saturated carbocycles. The van der Waals surface area contributed by atoms with Gasteiger partial charge in [-0.25, -0.2) is 0 Å². The molecule has 0 aromatic heterocycles. The first kappa shape index (κ1) is 14.8. The standard InChI is InChI=1S/C8H14O7S/c1-3-8(4-2,7(11)12)5(6(9)10)16(13,14)15/h5H,3-4H2,1-2H3,(H,9,10)(H,11,12)(H,13,14,15). The molecule has 0 bridgehead atoms. The van der Waals surface area contributed by atoms with Gasteiger partial charge in [-0.05, 0) is 12.8 Å². The molecule has 3 N–H and O–H groups in total. The predicted octanol–water partition coefficient (Wildman–Crippen LogP) is 0.218. The Balaban J connectivity index is 5.83. The molecule has 1 atom stereocenters. The lowest BCUT2D eigenvalue weighted by Gasteiger charge is -2.30. The van der Waals surface area contributed by atoms with Gasteiger partial charge < -0.3 is 10.2 Å². The Kier molecular flexibility index (Phi) is 4.45. The first-order chi connectivity index (χ1) is 7.13. The molecule has 1 unspecified atom stereocenters. The minimum atomic E-state index is -4.97. The maximum Gasteiger partial charge on any atom is 0.325 e. The number of hydrogen-bond acceptors (Lipinski definition) is 4. The van der Waals surface area contributed by atoms with E-state index in [4.69, 9.17) is 14.8 Å². The van der Waals surface area contributed by atoms with Gasteiger partial charge >= 0.3 is 11.9 Å². The second-order valence-corrected chi connectivity index (χ2v) is 4.90. The summed E-state index contributed by atoms with van der Waals surface area (Å²) < 4.78 is 30.7. The van der Waals surface area contributed by atoms with Crippen LogP contribution in [-0.2, 0) is 19.7 Å². The van der Waals surface area contributed by atoms with Crippen LogP contribution < -0.4 is 0 Å². The molecule has 0 heterocycles. The van der Waals surface area contributed by atoms with E-state index in [9.17, 15) is 18.0 Å². The average molecular weight is 254 g/mol. The summed E-state index contributed by atoms with van der Waals surface area (Å²) in [7, 11) is -4.97. The van der Waals surface area contributed by atoms with E-state index in [0.29, 0.717) is 0 Å². The van der Waals surface area contributed by atoms with Crippen molar-refractivity contribution in [3.63, 3.8) is 0 Å². The molecule has 0 spiro atoms. The zero-order chi connectivity index (χ0) is 13.1. The summed E-state index contributed by atoms with van der Waals surface area (Å²) in [5.41, 5.74) is -2.01. The third kappa shape index (κ3) is 2.50. The Bertz CT molecular complexity index is 379. The highest BCUT2D eigenvalue weighted by atomic mass is 32.2. The minimum Gasteiger partial charge on any atom is -0.481 e. The normalized spacial score (nSPS) is 14.4. The molecule has 0 rings (SSSR count). The molecule has 0 amide bonds. The van der Waals surface area contributed by atoms with E-state index in [2.05, 4.69) is 0 Å². The molecule has 0 saturated heterocycles. The SMILES string of the molecule is CCC(CC)(C(=O)O)C(C(=O)O)S(=O)(=O)O. The highest BCUT2D eigenvalue weighted by Gasteiger charge is 2.53. The molecule has 0 fully saturated rings. The molecule has 8 heteroatoms. The van der Waals surface area contributed by atoms with Crippen molar-refractivity contribution >= 4 is 22.1 Å². The molecule has 7 nitrogen and oxygen atoms in total. The van der Waals surface area contributed by atoms with Gasteiger partial charge in [0.05, 0.1) is 5.41 Å². The van der Waals surface area contributed by atoms with Crippen molar-refractivity contribution in [3.05, 3.63) is 0 Å². The Morgan fingerprint density at radius 3 is 1.62 bits per heavy atom. The molecular weight excluding hydrogens is 240 g/mol. The molecule has 0 aliphatic heterocycles. The lowest BCUT2D eigenvalue weighted by molar-refractivity contribution is -0.155. The fraction of sp³-hybridized carbons (Fsp3) is 0.750. The largest absolute Gasteiger partial charge is 0.481 e. The van der Waals surface area contributed by atoms with Gasteiger partial charge in [0.1, 0.15) is 0 Å². The Labute approximate surface area is 92.8 Å². The Morgan fingerprint density at radius 1 is 1.19 bits per heavy atom. The van der Waals surface area contributed by atoms with Gasteiger partial charge in [-0.2, -0.15) is 8.42 Å². The van der Waals surface area contributed by atoms with Crippen LogP contribution in [0.3, 0.4) is 0 Å². The zero-order valence-corrected chi connectivity index (χ0v) is 9.69. The summed E-state index contributed by atoms with van der Waals surface area (Å²) in [6.07, 6.45) is -0.425. The van der Waals surface area contributed by atoms with Crippen LogP contribution >= 0.6 is 0 Å². The van der Waals surface area contributed by atoms with E-state index in [0.717, 1.165) is 0 Å². The van der Waals surface area contributed by atoms with Gasteiger partial charge in [0.25, 0.3) is 10.1 Å². The van der Waals surface area contributed by atoms with Crippen LogP contribution in [0.1, 0.15) is 26.7 Å². The van der Waals surface area contributed by atoms with Crippen molar-refractivity contribution in [2.24, 2.45) is 5.41 Å². The van der Waals surface area contributed by atoms with Gasteiger partial charge in [0.2, 0.25) is 0 Å². The molecule has 0 aliphatic carbocycles. The third-order valence-electron chi connectivity index (χ3n) is 2.71. The Morgan fingerprint density at radius 2 is 1.56 bits per heavy atom. The molecular formula is C8H14O7S. The summed E-state index contributed by atoms with van der Waals surface area (Å²) in [6, 6.07) is 0.